The third-order valence-corrected chi connectivity index (χ3v) is 6.37. The minimum Gasteiger partial charge on any atom is -0.489 e. The number of rotatable bonds is 3. The Kier molecular flexibility index (Phi) is 12.6. The van der Waals surface area contributed by atoms with Gasteiger partial charge < -0.3 is 10.5 Å². The summed E-state index contributed by atoms with van der Waals surface area (Å²) in [7, 11) is 0.777. The van der Waals surface area contributed by atoms with Crippen molar-refractivity contribution in [3.63, 3.8) is 0 Å². The summed E-state index contributed by atoms with van der Waals surface area (Å²) < 4.78 is 5.34. The van der Waals surface area contributed by atoms with E-state index in [2.05, 4.69) is 66.7 Å². The molecule has 0 aliphatic carbocycles. The van der Waals surface area contributed by atoms with Crippen LogP contribution in [-0.2, 0) is 0 Å². The molecule has 0 saturated carbocycles. The lowest BCUT2D eigenvalue weighted by Gasteiger charge is -2.10. The number of para-hydroxylation sites is 2. The molecule has 0 spiro atoms. The monoisotopic (exact) mass is 517 g/mol. The van der Waals surface area contributed by atoms with Gasteiger partial charge in [-0.3, -0.25) is 4.79 Å². The number of hydrogen-bond acceptors (Lipinski definition) is 3. The minimum atomic E-state index is 0.705. The molecule has 1 aliphatic heterocycles. The number of nitrogen functional groups attached to an aromatic ring is 1. The Morgan fingerprint density at radius 2 is 1.08 bits per heavy atom. The molecule has 4 heteroatoms. The van der Waals surface area contributed by atoms with Crippen LogP contribution in [0.3, 0.4) is 0 Å². The van der Waals surface area contributed by atoms with Crippen LogP contribution in [0.2, 0.25) is 0 Å². The Balaban J connectivity index is 0.000000145. The molecule has 2 N–H and O–H groups in total. The van der Waals surface area contributed by atoms with Gasteiger partial charge in [0.2, 0.25) is 0 Å². The lowest BCUT2D eigenvalue weighted by atomic mass is 10.1. The van der Waals surface area contributed by atoms with Crippen molar-refractivity contribution in [1.82, 2.24) is 0 Å². The molecule has 1 aliphatic rings. The summed E-state index contributed by atoms with van der Waals surface area (Å²) in [5.74, 6) is 0.991. The highest BCUT2D eigenvalue weighted by Gasteiger charge is 2.01. The Hall–Kier alpha value is -4.46. The number of aldehydes is 1. The molecule has 0 radical (unpaired) electrons. The summed E-state index contributed by atoms with van der Waals surface area (Å²) >= 11 is 0. The van der Waals surface area contributed by atoms with Gasteiger partial charge in [-0.1, -0.05) is 142 Å². The van der Waals surface area contributed by atoms with E-state index in [4.69, 9.17) is 10.5 Å². The number of fused-ring (bicyclic) bond motifs is 1. The van der Waals surface area contributed by atoms with Crippen LogP contribution >= 0.6 is 8.58 Å². The number of anilines is 1. The van der Waals surface area contributed by atoms with Crippen molar-refractivity contribution in [1.29, 1.82) is 0 Å². The van der Waals surface area contributed by atoms with E-state index in [1.54, 1.807) is 12.1 Å². The zero-order valence-corrected chi connectivity index (χ0v) is 22.2. The van der Waals surface area contributed by atoms with E-state index in [9.17, 15) is 4.79 Å². The Labute approximate surface area is 227 Å². The first-order valence-corrected chi connectivity index (χ1v) is 13.3. The fourth-order valence-corrected chi connectivity index (χ4v) is 4.31. The standard InChI is InChI=1S/C12H11P.C9H8O.C7H6O.C6H7N/c1-3-7-11(8-4-1)13-12-9-5-2-6-10-12;1-2-6-9-8(4-1)5-3-7-10-9;8-6-7-4-2-1-3-5-7;7-6-4-2-1-3-5-6/h1-10,13H;1-6H,7H2;1-6H;1-5H,7H2. The van der Waals surface area contributed by atoms with E-state index < -0.39 is 0 Å². The van der Waals surface area contributed by atoms with Gasteiger partial charge in [-0.2, -0.15) is 0 Å². The van der Waals surface area contributed by atoms with Gasteiger partial charge in [-0.25, -0.2) is 0 Å². The average Bonchev–Trinajstić information content (AvgIpc) is 3.00. The van der Waals surface area contributed by atoms with Crippen molar-refractivity contribution >= 4 is 37.2 Å². The second kappa shape index (κ2) is 17.1. The van der Waals surface area contributed by atoms with Crippen LogP contribution in [0, 0.1) is 0 Å². The van der Waals surface area contributed by atoms with E-state index in [-0.39, 0.29) is 0 Å². The van der Waals surface area contributed by atoms with Gasteiger partial charge in [0.25, 0.3) is 0 Å². The maximum Gasteiger partial charge on any atom is 0.150 e. The molecule has 190 valence electrons. The average molecular weight is 518 g/mol. The van der Waals surface area contributed by atoms with Gasteiger partial charge in [0, 0.05) is 16.8 Å². The van der Waals surface area contributed by atoms with E-state index >= 15 is 0 Å². The largest absolute Gasteiger partial charge is 0.489 e. The Morgan fingerprint density at radius 3 is 1.53 bits per heavy atom. The zero-order chi connectivity index (χ0) is 26.7. The van der Waals surface area contributed by atoms with Gasteiger partial charge in [-0.15, -0.1) is 0 Å². The molecular weight excluding hydrogens is 485 g/mol. The molecule has 38 heavy (non-hydrogen) atoms. The summed E-state index contributed by atoms with van der Waals surface area (Å²) in [6.45, 7) is 0.705. The summed E-state index contributed by atoms with van der Waals surface area (Å²) in [5.41, 5.74) is 8.08. The van der Waals surface area contributed by atoms with Crippen molar-refractivity contribution in [2.75, 3.05) is 12.3 Å². The number of carbonyl (C=O) groups is 1. The van der Waals surface area contributed by atoms with Crippen molar-refractivity contribution in [2.24, 2.45) is 0 Å². The second-order valence-corrected chi connectivity index (χ2v) is 9.45. The molecule has 0 unspecified atom stereocenters. The summed E-state index contributed by atoms with van der Waals surface area (Å²) in [5, 5.41) is 2.79. The van der Waals surface area contributed by atoms with Crippen molar-refractivity contribution in [3.8, 4) is 5.75 Å². The quantitative estimate of drug-likeness (QED) is 0.157. The Bertz CT molecular complexity index is 1310. The lowest BCUT2D eigenvalue weighted by molar-refractivity contribution is 0.112. The molecule has 0 fully saturated rings. The zero-order valence-electron chi connectivity index (χ0n) is 21.2. The van der Waals surface area contributed by atoms with E-state index in [1.165, 1.54) is 16.2 Å². The fraction of sp³-hybridized carbons (Fsp3) is 0.0294. The SMILES string of the molecule is C1=Cc2ccccc2OC1.Nc1ccccc1.O=Cc1ccccc1.c1ccc(Pc2ccccc2)cc1. The molecule has 1 heterocycles. The lowest BCUT2D eigenvalue weighted by Crippen LogP contribution is -2.01. The number of nitrogens with two attached hydrogens (primary N) is 1. The Morgan fingerprint density at radius 1 is 0.605 bits per heavy atom. The molecular formula is C34H32NO2P. The van der Waals surface area contributed by atoms with E-state index in [0.717, 1.165) is 31.9 Å². The molecule has 0 saturated heterocycles. The highest BCUT2D eigenvalue weighted by molar-refractivity contribution is 7.55. The molecule has 3 nitrogen and oxygen atoms in total. The molecule has 5 aromatic carbocycles. The predicted octanol–water partition coefficient (Wildman–Crippen LogP) is 7.18. The molecule has 0 atom stereocenters. The highest BCUT2D eigenvalue weighted by atomic mass is 31.1. The smallest absolute Gasteiger partial charge is 0.150 e. The first-order chi connectivity index (χ1) is 18.7. The summed E-state index contributed by atoms with van der Waals surface area (Å²) in [4.78, 5) is 10.0. The van der Waals surface area contributed by atoms with Crippen LogP contribution in [0.4, 0.5) is 5.69 Å². The van der Waals surface area contributed by atoms with E-state index in [1.807, 2.05) is 78.9 Å². The van der Waals surface area contributed by atoms with Gasteiger partial charge in [-0.05, 0) is 34.9 Å². The van der Waals surface area contributed by atoms with Crippen LogP contribution in [0.1, 0.15) is 15.9 Å². The molecule has 5 aromatic rings. The van der Waals surface area contributed by atoms with Gasteiger partial charge >= 0.3 is 0 Å². The first-order valence-electron chi connectivity index (χ1n) is 12.3. The van der Waals surface area contributed by atoms with Crippen LogP contribution in [0.15, 0.2) is 152 Å². The summed E-state index contributed by atoms with van der Waals surface area (Å²) in [6, 6.07) is 47.8. The molecule has 6 rings (SSSR count). The van der Waals surface area contributed by atoms with Crippen molar-refractivity contribution in [3.05, 3.63) is 163 Å². The molecule has 0 bridgehead atoms. The van der Waals surface area contributed by atoms with Crippen molar-refractivity contribution in [2.45, 2.75) is 0 Å². The third kappa shape index (κ3) is 11.1. The number of hydrogen-bond donors (Lipinski definition) is 1. The minimum absolute atomic E-state index is 0.705. The highest BCUT2D eigenvalue weighted by Crippen LogP contribution is 2.21. The van der Waals surface area contributed by atoms with Crippen LogP contribution < -0.4 is 21.1 Å². The predicted molar refractivity (Wildman–Crippen MR) is 164 cm³/mol. The third-order valence-electron chi connectivity index (χ3n) is 5.12. The van der Waals surface area contributed by atoms with Gasteiger partial charge in [0.15, 0.2) is 0 Å². The maximum atomic E-state index is 10.0. The number of benzene rings is 5. The second-order valence-electron chi connectivity index (χ2n) is 8.05. The topological polar surface area (TPSA) is 52.3 Å². The van der Waals surface area contributed by atoms with Gasteiger partial charge in [0.05, 0.1) is 0 Å². The normalized spacial score (nSPS) is 10.4. The van der Waals surface area contributed by atoms with Gasteiger partial charge in [0.1, 0.15) is 18.6 Å². The molecule has 0 aromatic heterocycles. The van der Waals surface area contributed by atoms with Crippen LogP contribution in [-0.4, -0.2) is 12.9 Å². The van der Waals surface area contributed by atoms with Crippen molar-refractivity contribution < 1.29 is 9.53 Å². The van der Waals surface area contributed by atoms with Crippen LogP contribution in [0.5, 0.6) is 5.75 Å². The fourth-order valence-electron chi connectivity index (χ4n) is 3.26. The summed E-state index contributed by atoms with van der Waals surface area (Å²) in [6.07, 6.45) is 4.93. The number of carbonyl (C=O) groups excluding carboxylic acids is 1. The first kappa shape index (κ1) is 28.1. The van der Waals surface area contributed by atoms with Crippen LogP contribution in [0.25, 0.3) is 6.08 Å². The molecule has 0 amide bonds. The number of ether oxygens (including phenoxy) is 1. The maximum absolute atomic E-state index is 10.0. The van der Waals surface area contributed by atoms with E-state index in [0.29, 0.717) is 6.61 Å².